The molecule has 0 aliphatic carbocycles. The Morgan fingerprint density at radius 3 is 2.70 bits per heavy atom. The molecule has 108 valence electrons. The number of hydrogen-bond donors (Lipinski definition) is 3. The van der Waals surface area contributed by atoms with E-state index < -0.39 is 23.3 Å². The maximum absolute atomic E-state index is 13.7. The quantitative estimate of drug-likeness (QED) is 0.710. The molecule has 2 rings (SSSR count). The van der Waals surface area contributed by atoms with E-state index in [1.54, 1.807) is 4.90 Å². The number of aromatic carboxylic acids is 1. The number of hydrogen-bond acceptors (Lipinski definition) is 4. The number of halogens is 1. The Bertz CT molecular complexity index is 562. The summed E-state index contributed by atoms with van der Waals surface area (Å²) < 4.78 is 13.7. The van der Waals surface area contributed by atoms with Crippen LogP contribution in [0.25, 0.3) is 0 Å². The standard InChI is InChI=1S/C13H16FN3O3/c14-9-5-11(10(15)4-8(9)13(19)20)17-3-1-2-7(6-17)12(16)18/h4-5,7H,1-3,6,15H2,(H2,16,18)(H,19,20). The van der Waals surface area contributed by atoms with Gasteiger partial charge in [0.2, 0.25) is 5.91 Å². The lowest BCUT2D eigenvalue weighted by molar-refractivity contribution is -0.122. The van der Waals surface area contributed by atoms with Gasteiger partial charge < -0.3 is 21.5 Å². The topological polar surface area (TPSA) is 110 Å². The van der Waals surface area contributed by atoms with Crippen molar-refractivity contribution in [3.63, 3.8) is 0 Å². The van der Waals surface area contributed by atoms with Gasteiger partial charge in [0.15, 0.2) is 0 Å². The summed E-state index contributed by atoms with van der Waals surface area (Å²) >= 11 is 0. The van der Waals surface area contributed by atoms with Gasteiger partial charge in [0, 0.05) is 19.2 Å². The molecule has 1 aliphatic heterocycles. The molecule has 0 spiro atoms. The summed E-state index contributed by atoms with van der Waals surface area (Å²) in [7, 11) is 0. The molecule has 0 radical (unpaired) electrons. The molecule has 1 atom stereocenters. The van der Waals surface area contributed by atoms with Gasteiger partial charge in [-0.15, -0.1) is 0 Å². The Hall–Kier alpha value is -2.31. The minimum Gasteiger partial charge on any atom is -0.478 e. The SMILES string of the molecule is NC(=O)C1CCCN(c2cc(F)c(C(=O)O)cc2N)C1. The van der Waals surface area contributed by atoms with Crippen LogP contribution in [0.5, 0.6) is 0 Å². The van der Waals surface area contributed by atoms with Crippen LogP contribution in [0.2, 0.25) is 0 Å². The Kier molecular flexibility index (Phi) is 3.78. The van der Waals surface area contributed by atoms with Crippen LogP contribution in [0.1, 0.15) is 23.2 Å². The molecule has 1 saturated heterocycles. The smallest absolute Gasteiger partial charge is 0.338 e. The first kappa shape index (κ1) is 14.1. The van der Waals surface area contributed by atoms with Gasteiger partial charge in [-0.1, -0.05) is 0 Å². The van der Waals surface area contributed by atoms with E-state index in [0.29, 0.717) is 25.2 Å². The Labute approximate surface area is 115 Å². The summed E-state index contributed by atoms with van der Waals surface area (Å²) in [5.41, 5.74) is 11.2. The van der Waals surface area contributed by atoms with Crippen LogP contribution in [0.15, 0.2) is 12.1 Å². The Morgan fingerprint density at radius 1 is 1.40 bits per heavy atom. The Morgan fingerprint density at radius 2 is 2.10 bits per heavy atom. The summed E-state index contributed by atoms with van der Waals surface area (Å²) in [5, 5.41) is 8.84. The van der Waals surface area contributed by atoms with Crippen molar-refractivity contribution in [1.29, 1.82) is 0 Å². The van der Waals surface area contributed by atoms with E-state index in [1.807, 2.05) is 0 Å². The molecule has 7 heteroatoms. The molecule has 5 N–H and O–H groups in total. The molecule has 1 aliphatic rings. The number of carbonyl (C=O) groups excluding carboxylic acids is 1. The second-order valence-corrected chi connectivity index (χ2v) is 4.88. The summed E-state index contributed by atoms with van der Waals surface area (Å²) in [6, 6.07) is 2.20. The summed E-state index contributed by atoms with van der Waals surface area (Å²) in [5.74, 6) is -2.90. The third-order valence-corrected chi connectivity index (χ3v) is 3.51. The van der Waals surface area contributed by atoms with Crippen molar-refractivity contribution in [3.8, 4) is 0 Å². The number of primary amides is 1. The van der Waals surface area contributed by atoms with E-state index in [1.165, 1.54) is 0 Å². The highest BCUT2D eigenvalue weighted by molar-refractivity contribution is 5.91. The predicted octanol–water partition coefficient (Wildman–Crippen LogP) is 0.808. The first-order valence-electron chi connectivity index (χ1n) is 6.26. The molecule has 0 bridgehead atoms. The van der Waals surface area contributed by atoms with Gasteiger partial charge in [0.1, 0.15) is 5.82 Å². The number of nitrogen functional groups attached to an aromatic ring is 1. The Balaban J connectivity index is 2.31. The summed E-state index contributed by atoms with van der Waals surface area (Å²) in [4.78, 5) is 23.8. The number of benzene rings is 1. The maximum Gasteiger partial charge on any atom is 0.338 e. The number of nitrogens with two attached hydrogens (primary N) is 2. The number of anilines is 2. The van der Waals surface area contributed by atoms with Gasteiger partial charge >= 0.3 is 5.97 Å². The zero-order valence-electron chi connectivity index (χ0n) is 10.8. The molecular formula is C13H16FN3O3. The van der Waals surface area contributed by atoms with Crippen molar-refractivity contribution < 1.29 is 19.1 Å². The third kappa shape index (κ3) is 2.66. The number of carboxylic acid groups (broad SMARTS) is 1. The monoisotopic (exact) mass is 281 g/mol. The normalized spacial score (nSPS) is 18.9. The van der Waals surface area contributed by atoms with Crippen LogP contribution >= 0.6 is 0 Å². The summed E-state index contributed by atoms with van der Waals surface area (Å²) in [6.07, 6.45) is 1.44. The molecule has 1 fully saturated rings. The van der Waals surface area contributed by atoms with Crippen molar-refractivity contribution in [3.05, 3.63) is 23.5 Å². The number of rotatable bonds is 3. The van der Waals surface area contributed by atoms with Crippen molar-refractivity contribution in [2.75, 3.05) is 23.7 Å². The van der Waals surface area contributed by atoms with E-state index in [2.05, 4.69) is 0 Å². The number of carboxylic acids is 1. The zero-order valence-corrected chi connectivity index (χ0v) is 10.8. The van der Waals surface area contributed by atoms with Crippen LogP contribution in [0, 0.1) is 11.7 Å². The van der Waals surface area contributed by atoms with Gasteiger partial charge in [-0.05, 0) is 18.9 Å². The molecule has 0 aromatic heterocycles. The first-order chi connectivity index (χ1) is 9.40. The number of amides is 1. The van der Waals surface area contributed by atoms with Crippen molar-refractivity contribution in [2.45, 2.75) is 12.8 Å². The van der Waals surface area contributed by atoms with Gasteiger partial charge in [-0.2, -0.15) is 0 Å². The molecule has 1 amide bonds. The number of carbonyl (C=O) groups is 2. The van der Waals surface area contributed by atoms with Gasteiger partial charge in [-0.25, -0.2) is 9.18 Å². The highest BCUT2D eigenvalue weighted by Gasteiger charge is 2.26. The molecule has 20 heavy (non-hydrogen) atoms. The molecule has 1 aromatic rings. The lowest BCUT2D eigenvalue weighted by Crippen LogP contribution is -2.41. The fraction of sp³-hybridized carbons (Fsp3) is 0.385. The molecule has 1 unspecified atom stereocenters. The maximum atomic E-state index is 13.7. The zero-order chi connectivity index (χ0) is 14.9. The summed E-state index contributed by atoms with van der Waals surface area (Å²) in [6.45, 7) is 0.991. The van der Waals surface area contributed by atoms with Gasteiger partial charge in [-0.3, -0.25) is 4.79 Å². The van der Waals surface area contributed by atoms with Crippen LogP contribution < -0.4 is 16.4 Å². The van der Waals surface area contributed by atoms with E-state index in [0.717, 1.165) is 18.6 Å². The first-order valence-corrected chi connectivity index (χ1v) is 6.26. The average molecular weight is 281 g/mol. The highest BCUT2D eigenvalue weighted by Crippen LogP contribution is 2.30. The van der Waals surface area contributed by atoms with Crippen LogP contribution in [-0.2, 0) is 4.79 Å². The second-order valence-electron chi connectivity index (χ2n) is 4.88. The van der Waals surface area contributed by atoms with Crippen molar-refractivity contribution in [2.24, 2.45) is 11.7 Å². The van der Waals surface area contributed by atoms with Crippen LogP contribution in [-0.4, -0.2) is 30.1 Å². The fourth-order valence-electron chi connectivity index (χ4n) is 2.45. The van der Waals surface area contributed by atoms with Crippen LogP contribution in [0.3, 0.4) is 0 Å². The molecule has 1 aromatic carbocycles. The average Bonchev–Trinajstić information content (AvgIpc) is 2.40. The largest absolute Gasteiger partial charge is 0.478 e. The molecule has 1 heterocycles. The fourth-order valence-corrected chi connectivity index (χ4v) is 2.45. The lowest BCUT2D eigenvalue weighted by Gasteiger charge is -2.33. The molecule has 6 nitrogen and oxygen atoms in total. The van der Waals surface area contributed by atoms with E-state index in [4.69, 9.17) is 16.6 Å². The van der Waals surface area contributed by atoms with Crippen molar-refractivity contribution >= 4 is 23.3 Å². The van der Waals surface area contributed by atoms with Gasteiger partial charge in [0.05, 0.1) is 22.9 Å². The van der Waals surface area contributed by atoms with Crippen molar-refractivity contribution in [1.82, 2.24) is 0 Å². The van der Waals surface area contributed by atoms with Gasteiger partial charge in [0.25, 0.3) is 0 Å². The lowest BCUT2D eigenvalue weighted by atomic mass is 9.96. The van der Waals surface area contributed by atoms with E-state index in [9.17, 15) is 14.0 Å². The minimum atomic E-state index is -1.37. The van der Waals surface area contributed by atoms with E-state index in [-0.39, 0.29) is 11.6 Å². The van der Waals surface area contributed by atoms with E-state index >= 15 is 0 Å². The second kappa shape index (κ2) is 5.36. The molecular weight excluding hydrogens is 265 g/mol. The predicted molar refractivity (Wildman–Crippen MR) is 71.9 cm³/mol. The minimum absolute atomic E-state index is 0.175. The highest BCUT2D eigenvalue weighted by atomic mass is 19.1. The third-order valence-electron chi connectivity index (χ3n) is 3.51. The number of nitrogens with zero attached hydrogens (tertiary/aromatic N) is 1. The van der Waals surface area contributed by atoms with Crippen LogP contribution in [0.4, 0.5) is 15.8 Å². The number of piperidine rings is 1. The molecule has 0 saturated carbocycles.